The van der Waals surface area contributed by atoms with Crippen molar-refractivity contribution in [2.75, 3.05) is 12.9 Å². The standard InChI is InChI=1S/C17H18BrNO2S/c1-12(15-5-3-4-6-16(15)21-2)19-17(20)11-22-14-9-7-13(18)8-10-14/h3-10,12H,11H2,1-2H3,(H,19,20). The highest BCUT2D eigenvalue weighted by molar-refractivity contribution is 9.10. The predicted molar refractivity (Wildman–Crippen MR) is 94.4 cm³/mol. The molecule has 1 N–H and O–H groups in total. The summed E-state index contributed by atoms with van der Waals surface area (Å²) in [7, 11) is 1.64. The number of ether oxygens (including phenoxy) is 1. The maximum Gasteiger partial charge on any atom is 0.230 e. The zero-order valence-electron chi connectivity index (χ0n) is 12.5. The second-order valence-corrected chi connectivity index (χ2v) is 6.74. The molecule has 1 unspecified atom stereocenters. The third-order valence-electron chi connectivity index (χ3n) is 3.17. The first-order chi connectivity index (χ1) is 10.6. The van der Waals surface area contributed by atoms with E-state index in [4.69, 9.17) is 4.74 Å². The molecule has 1 atom stereocenters. The summed E-state index contributed by atoms with van der Waals surface area (Å²) in [6.45, 7) is 1.96. The van der Waals surface area contributed by atoms with Gasteiger partial charge in [0, 0.05) is 14.9 Å². The Morgan fingerprint density at radius 2 is 1.91 bits per heavy atom. The van der Waals surface area contributed by atoms with E-state index in [0.29, 0.717) is 5.75 Å². The molecule has 3 nitrogen and oxygen atoms in total. The number of halogens is 1. The van der Waals surface area contributed by atoms with E-state index in [2.05, 4.69) is 21.2 Å². The molecule has 0 saturated carbocycles. The van der Waals surface area contributed by atoms with Crippen molar-refractivity contribution in [3.8, 4) is 5.75 Å². The molecule has 0 fully saturated rings. The van der Waals surface area contributed by atoms with Gasteiger partial charge in [-0.05, 0) is 37.3 Å². The SMILES string of the molecule is COc1ccccc1C(C)NC(=O)CSc1ccc(Br)cc1. The largest absolute Gasteiger partial charge is 0.496 e. The fourth-order valence-corrected chi connectivity index (χ4v) is 3.04. The molecule has 2 aromatic carbocycles. The average Bonchev–Trinajstić information content (AvgIpc) is 2.54. The highest BCUT2D eigenvalue weighted by atomic mass is 79.9. The van der Waals surface area contributed by atoms with E-state index in [1.165, 1.54) is 11.8 Å². The molecule has 0 aliphatic rings. The van der Waals surface area contributed by atoms with Crippen molar-refractivity contribution >= 4 is 33.6 Å². The van der Waals surface area contributed by atoms with Crippen LogP contribution in [0.1, 0.15) is 18.5 Å². The van der Waals surface area contributed by atoms with Crippen molar-refractivity contribution in [3.63, 3.8) is 0 Å². The van der Waals surface area contributed by atoms with Crippen LogP contribution in [0.3, 0.4) is 0 Å². The highest BCUT2D eigenvalue weighted by Gasteiger charge is 2.13. The topological polar surface area (TPSA) is 38.3 Å². The molecule has 0 aliphatic heterocycles. The second kappa shape index (κ2) is 8.25. The Balaban J connectivity index is 1.90. The van der Waals surface area contributed by atoms with E-state index >= 15 is 0 Å². The van der Waals surface area contributed by atoms with E-state index in [1.807, 2.05) is 55.5 Å². The molecule has 0 radical (unpaired) electrons. The average molecular weight is 380 g/mol. The minimum atomic E-state index is -0.0887. The summed E-state index contributed by atoms with van der Waals surface area (Å²) < 4.78 is 6.36. The fourth-order valence-electron chi connectivity index (χ4n) is 2.06. The Bertz CT molecular complexity index is 631. The minimum absolute atomic E-state index is 0.00586. The molecule has 22 heavy (non-hydrogen) atoms. The van der Waals surface area contributed by atoms with Crippen molar-refractivity contribution in [2.45, 2.75) is 17.9 Å². The first-order valence-corrected chi connectivity index (χ1v) is 8.68. The van der Waals surface area contributed by atoms with Gasteiger partial charge in [-0.15, -0.1) is 11.8 Å². The van der Waals surface area contributed by atoms with Gasteiger partial charge >= 0.3 is 0 Å². The van der Waals surface area contributed by atoms with E-state index in [-0.39, 0.29) is 11.9 Å². The van der Waals surface area contributed by atoms with Crippen LogP contribution < -0.4 is 10.1 Å². The van der Waals surface area contributed by atoms with E-state index in [0.717, 1.165) is 20.7 Å². The maximum absolute atomic E-state index is 12.1. The smallest absolute Gasteiger partial charge is 0.230 e. The molecule has 0 spiro atoms. The fraction of sp³-hybridized carbons (Fsp3) is 0.235. The summed E-state index contributed by atoms with van der Waals surface area (Å²) >= 11 is 4.92. The molecule has 116 valence electrons. The lowest BCUT2D eigenvalue weighted by Gasteiger charge is -2.17. The molecular weight excluding hydrogens is 362 g/mol. The van der Waals surface area contributed by atoms with Crippen molar-refractivity contribution in [1.82, 2.24) is 5.32 Å². The van der Waals surface area contributed by atoms with Crippen LogP contribution in [-0.4, -0.2) is 18.8 Å². The molecule has 5 heteroatoms. The number of thioether (sulfide) groups is 1. The van der Waals surface area contributed by atoms with Gasteiger partial charge < -0.3 is 10.1 Å². The Labute approximate surface area is 143 Å². The Kier molecular flexibility index (Phi) is 6.34. The van der Waals surface area contributed by atoms with Crippen LogP contribution in [0.2, 0.25) is 0 Å². The molecule has 0 heterocycles. The van der Waals surface area contributed by atoms with Gasteiger partial charge in [-0.2, -0.15) is 0 Å². The van der Waals surface area contributed by atoms with Gasteiger partial charge in [0.15, 0.2) is 0 Å². The van der Waals surface area contributed by atoms with Gasteiger partial charge in [0.25, 0.3) is 0 Å². The van der Waals surface area contributed by atoms with Crippen molar-refractivity contribution < 1.29 is 9.53 Å². The summed E-state index contributed by atoms with van der Waals surface area (Å²) in [5.41, 5.74) is 0.979. The summed E-state index contributed by atoms with van der Waals surface area (Å²) in [4.78, 5) is 13.2. The van der Waals surface area contributed by atoms with E-state index in [1.54, 1.807) is 7.11 Å². The monoisotopic (exact) mass is 379 g/mol. The third-order valence-corrected chi connectivity index (χ3v) is 4.71. The summed E-state index contributed by atoms with van der Waals surface area (Å²) in [6, 6.07) is 15.6. The van der Waals surface area contributed by atoms with Crippen LogP contribution in [0.25, 0.3) is 0 Å². The molecule has 2 aromatic rings. The Morgan fingerprint density at radius 3 is 2.59 bits per heavy atom. The van der Waals surface area contributed by atoms with Crippen LogP contribution in [0.5, 0.6) is 5.75 Å². The first kappa shape index (κ1) is 16.9. The second-order valence-electron chi connectivity index (χ2n) is 4.77. The Morgan fingerprint density at radius 1 is 1.23 bits per heavy atom. The van der Waals surface area contributed by atoms with Crippen molar-refractivity contribution in [2.24, 2.45) is 0 Å². The molecule has 1 amide bonds. The number of carbonyl (C=O) groups is 1. The van der Waals surface area contributed by atoms with E-state index < -0.39 is 0 Å². The number of amides is 1. The zero-order chi connectivity index (χ0) is 15.9. The van der Waals surface area contributed by atoms with Gasteiger partial charge in [-0.1, -0.05) is 34.1 Å². The number of methoxy groups -OCH3 is 1. The van der Waals surface area contributed by atoms with Crippen LogP contribution in [0, 0.1) is 0 Å². The lowest BCUT2D eigenvalue weighted by Crippen LogP contribution is -2.28. The quantitative estimate of drug-likeness (QED) is 0.754. The predicted octanol–water partition coefficient (Wildman–Crippen LogP) is 4.43. The molecule has 0 bridgehead atoms. The van der Waals surface area contributed by atoms with Gasteiger partial charge in [0.2, 0.25) is 5.91 Å². The highest BCUT2D eigenvalue weighted by Crippen LogP contribution is 2.25. The van der Waals surface area contributed by atoms with Crippen LogP contribution >= 0.6 is 27.7 Å². The first-order valence-electron chi connectivity index (χ1n) is 6.91. The number of nitrogens with one attached hydrogen (secondary N) is 1. The number of rotatable bonds is 6. The van der Waals surface area contributed by atoms with Gasteiger partial charge in [0.1, 0.15) is 5.75 Å². The molecule has 2 rings (SSSR count). The summed E-state index contributed by atoms with van der Waals surface area (Å²) in [6.07, 6.45) is 0. The maximum atomic E-state index is 12.1. The van der Waals surface area contributed by atoms with Crippen molar-refractivity contribution in [1.29, 1.82) is 0 Å². The number of carbonyl (C=O) groups excluding carboxylic acids is 1. The third kappa shape index (κ3) is 4.78. The Hall–Kier alpha value is -1.46. The molecule has 0 aliphatic carbocycles. The summed E-state index contributed by atoms with van der Waals surface area (Å²) in [5.74, 6) is 1.18. The summed E-state index contributed by atoms with van der Waals surface area (Å²) in [5, 5.41) is 3.00. The minimum Gasteiger partial charge on any atom is -0.496 e. The number of benzene rings is 2. The van der Waals surface area contributed by atoms with E-state index in [9.17, 15) is 4.79 Å². The number of hydrogen-bond acceptors (Lipinski definition) is 3. The van der Waals surface area contributed by atoms with Crippen LogP contribution in [0.4, 0.5) is 0 Å². The van der Waals surface area contributed by atoms with Gasteiger partial charge in [-0.25, -0.2) is 0 Å². The molecular formula is C17H18BrNO2S. The van der Waals surface area contributed by atoms with Gasteiger partial charge in [0.05, 0.1) is 18.9 Å². The number of para-hydroxylation sites is 1. The number of hydrogen-bond donors (Lipinski definition) is 1. The molecule has 0 aromatic heterocycles. The lowest BCUT2D eigenvalue weighted by atomic mass is 10.1. The molecule has 0 saturated heterocycles. The van der Waals surface area contributed by atoms with Crippen molar-refractivity contribution in [3.05, 3.63) is 58.6 Å². The lowest BCUT2D eigenvalue weighted by molar-refractivity contribution is -0.119. The zero-order valence-corrected chi connectivity index (χ0v) is 14.9. The van der Waals surface area contributed by atoms with Crippen LogP contribution in [-0.2, 0) is 4.79 Å². The normalized spacial score (nSPS) is 11.8. The van der Waals surface area contributed by atoms with Gasteiger partial charge in [-0.3, -0.25) is 4.79 Å². The van der Waals surface area contributed by atoms with Crippen LogP contribution in [0.15, 0.2) is 57.9 Å².